The first-order valence-electron chi connectivity index (χ1n) is 8.37. The summed E-state index contributed by atoms with van der Waals surface area (Å²) < 4.78 is 69.1. The molecule has 0 fully saturated rings. The highest BCUT2D eigenvalue weighted by molar-refractivity contribution is 6.10. The molecule has 1 amide bonds. The predicted molar refractivity (Wildman–Crippen MR) is 92.4 cm³/mol. The second-order valence-corrected chi connectivity index (χ2v) is 6.34. The molecule has 0 atom stereocenters. The maximum Gasteiger partial charge on any atom is 0.422 e. The number of hydrogen-bond acceptors (Lipinski definition) is 3. The number of aromatic nitrogens is 2. The van der Waals surface area contributed by atoms with Gasteiger partial charge in [0.2, 0.25) is 0 Å². The van der Waals surface area contributed by atoms with Gasteiger partial charge in [-0.3, -0.25) is 9.89 Å². The van der Waals surface area contributed by atoms with Crippen molar-refractivity contribution in [2.45, 2.75) is 12.7 Å². The average molecular weight is 409 g/mol. The molecule has 1 aliphatic rings. The maximum atomic E-state index is 13.6. The molecule has 5 nitrogen and oxygen atoms in total. The largest absolute Gasteiger partial charge is 0.483 e. The first-order valence-corrected chi connectivity index (χ1v) is 8.37. The van der Waals surface area contributed by atoms with Crippen LogP contribution in [0.2, 0.25) is 0 Å². The zero-order valence-corrected chi connectivity index (χ0v) is 14.6. The molecule has 29 heavy (non-hydrogen) atoms. The van der Waals surface area contributed by atoms with Crippen LogP contribution in [0.4, 0.5) is 27.6 Å². The van der Waals surface area contributed by atoms with Crippen LogP contribution < -0.4 is 9.64 Å². The number of H-pyrrole nitrogens is 1. The van der Waals surface area contributed by atoms with Crippen molar-refractivity contribution >= 4 is 11.6 Å². The molecule has 0 radical (unpaired) electrons. The first-order chi connectivity index (χ1) is 13.7. The zero-order valence-electron chi connectivity index (χ0n) is 14.6. The second-order valence-electron chi connectivity index (χ2n) is 6.34. The number of ether oxygens (including phenoxy) is 1. The minimum absolute atomic E-state index is 0.0573. The van der Waals surface area contributed by atoms with Gasteiger partial charge < -0.3 is 9.64 Å². The Hall–Kier alpha value is -3.43. The summed E-state index contributed by atoms with van der Waals surface area (Å²) in [6.45, 7) is -1.54. The van der Waals surface area contributed by atoms with Crippen molar-refractivity contribution in [3.05, 3.63) is 65.4 Å². The molecule has 0 unspecified atom stereocenters. The van der Waals surface area contributed by atoms with Gasteiger partial charge in [-0.25, -0.2) is 8.78 Å². The lowest BCUT2D eigenvalue weighted by molar-refractivity contribution is -0.153. The molecule has 0 aliphatic carbocycles. The Bertz CT molecular complexity index is 1080. The lowest BCUT2D eigenvalue weighted by atomic mass is 10.1. The fraction of sp³-hybridized carbons (Fsp3) is 0.158. The lowest BCUT2D eigenvalue weighted by Crippen LogP contribution is -2.23. The molecule has 1 N–H and O–H groups in total. The third-order valence-electron chi connectivity index (χ3n) is 4.37. The van der Waals surface area contributed by atoms with Gasteiger partial charge in [0.1, 0.15) is 28.8 Å². The van der Waals surface area contributed by atoms with E-state index in [0.29, 0.717) is 11.3 Å². The van der Waals surface area contributed by atoms with Crippen LogP contribution in [0.5, 0.6) is 5.75 Å². The van der Waals surface area contributed by atoms with Crippen LogP contribution >= 0.6 is 0 Å². The molecule has 10 heteroatoms. The van der Waals surface area contributed by atoms with Crippen molar-refractivity contribution in [3.63, 3.8) is 0 Å². The highest BCUT2D eigenvalue weighted by Gasteiger charge is 2.35. The Kier molecular flexibility index (Phi) is 4.48. The van der Waals surface area contributed by atoms with Crippen molar-refractivity contribution < 1.29 is 31.5 Å². The number of carbonyl (C=O) groups excluding carboxylic acids is 1. The van der Waals surface area contributed by atoms with E-state index in [1.807, 2.05) is 0 Å². The number of fused-ring (bicyclic) bond motifs is 1. The van der Waals surface area contributed by atoms with E-state index in [2.05, 4.69) is 10.2 Å². The maximum absolute atomic E-state index is 13.6. The SMILES string of the molecule is O=C1c2[nH]nc(-c3ccc(F)cc3OCC(F)(F)F)c2CN1c1ccc(F)cc1. The summed E-state index contributed by atoms with van der Waals surface area (Å²) in [5, 5.41) is 6.59. The van der Waals surface area contributed by atoms with E-state index in [-0.39, 0.29) is 29.2 Å². The Morgan fingerprint density at radius 3 is 2.45 bits per heavy atom. The number of rotatable bonds is 4. The normalized spacial score (nSPS) is 13.7. The van der Waals surface area contributed by atoms with Crippen molar-refractivity contribution in [3.8, 4) is 17.0 Å². The van der Waals surface area contributed by atoms with Crippen LogP contribution in [0.15, 0.2) is 42.5 Å². The number of carbonyl (C=O) groups is 1. The number of nitrogens with one attached hydrogen (secondary N) is 1. The second kappa shape index (κ2) is 6.87. The van der Waals surface area contributed by atoms with Crippen LogP contribution in [-0.4, -0.2) is 28.9 Å². The molecule has 4 rings (SSSR count). The molecule has 0 saturated carbocycles. The summed E-state index contributed by atoms with van der Waals surface area (Å²) in [6, 6.07) is 8.41. The van der Waals surface area contributed by atoms with Gasteiger partial charge in [-0.1, -0.05) is 0 Å². The van der Waals surface area contributed by atoms with Gasteiger partial charge >= 0.3 is 6.18 Å². The van der Waals surface area contributed by atoms with Gasteiger partial charge in [-0.05, 0) is 36.4 Å². The van der Waals surface area contributed by atoms with Gasteiger partial charge in [0.15, 0.2) is 6.61 Å². The van der Waals surface area contributed by atoms with E-state index in [1.54, 1.807) is 0 Å². The summed E-state index contributed by atoms with van der Waals surface area (Å²) in [7, 11) is 0. The summed E-state index contributed by atoms with van der Waals surface area (Å²) in [5.41, 5.74) is 1.30. The summed E-state index contributed by atoms with van der Waals surface area (Å²) >= 11 is 0. The van der Waals surface area contributed by atoms with Crippen molar-refractivity contribution in [2.24, 2.45) is 0 Å². The van der Waals surface area contributed by atoms with Crippen LogP contribution in [0.1, 0.15) is 16.1 Å². The fourth-order valence-electron chi connectivity index (χ4n) is 3.08. The predicted octanol–water partition coefficient (Wildman–Crippen LogP) is 4.46. The lowest BCUT2D eigenvalue weighted by Gasteiger charge is -2.16. The van der Waals surface area contributed by atoms with Crippen LogP contribution in [0, 0.1) is 11.6 Å². The Morgan fingerprint density at radius 2 is 1.76 bits per heavy atom. The molecule has 150 valence electrons. The van der Waals surface area contributed by atoms with E-state index < -0.39 is 30.3 Å². The number of alkyl halides is 3. The van der Waals surface area contributed by atoms with E-state index in [4.69, 9.17) is 4.74 Å². The topological polar surface area (TPSA) is 58.2 Å². The van der Waals surface area contributed by atoms with Crippen molar-refractivity contribution in [1.29, 1.82) is 0 Å². The standard InChI is InChI=1S/C19H12F5N3O2/c20-10-1-4-12(5-2-10)27-8-14-16(25-26-17(14)18(27)28)13-6-3-11(21)7-15(13)29-9-19(22,23)24/h1-7H,8-9H2,(H,25,26). The summed E-state index contributed by atoms with van der Waals surface area (Å²) in [4.78, 5) is 14.0. The Labute approximate surface area is 160 Å². The minimum Gasteiger partial charge on any atom is -0.483 e. The van der Waals surface area contributed by atoms with Crippen molar-refractivity contribution in [2.75, 3.05) is 11.5 Å². The van der Waals surface area contributed by atoms with Gasteiger partial charge in [0.05, 0.1) is 6.54 Å². The highest BCUT2D eigenvalue weighted by Crippen LogP contribution is 2.38. The quantitative estimate of drug-likeness (QED) is 0.648. The number of amides is 1. The molecule has 2 heterocycles. The monoisotopic (exact) mass is 409 g/mol. The van der Waals surface area contributed by atoms with E-state index >= 15 is 0 Å². The van der Waals surface area contributed by atoms with E-state index in [0.717, 1.165) is 12.1 Å². The summed E-state index contributed by atoms with van der Waals surface area (Å²) in [5.74, 6) is -2.00. The first kappa shape index (κ1) is 18.9. The van der Waals surface area contributed by atoms with Gasteiger partial charge in [0, 0.05) is 22.9 Å². The van der Waals surface area contributed by atoms with E-state index in [1.165, 1.54) is 35.2 Å². The van der Waals surface area contributed by atoms with Crippen LogP contribution in [0.3, 0.4) is 0 Å². The molecule has 0 bridgehead atoms. The number of hydrogen-bond donors (Lipinski definition) is 1. The molecule has 2 aromatic carbocycles. The molecule has 1 aliphatic heterocycles. The molecule has 0 saturated heterocycles. The van der Waals surface area contributed by atoms with Gasteiger partial charge in [0.25, 0.3) is 5.91 Å². The van der Waals surface area contributed by atoms with E-state index in [9.17, 15) is 26.7 Å². The molecule has 0 spiro atoms. The van der Waals surface area contributed by atoms with Gasteiger partial charge in [-0.15, -0.1) is 0 Å². The smallest absolute Gasteiger partial charge is 0.422 e. The molecule has 3 aromatic rings. The number of benzene rings is 2. The summed E-state index contributed by atoms with van der Waals surface area (Å²) in [6.07, 6.45) is -4.60. The number of aromatic amines is 1. The Balaban J connectivity index is 1.69. The molecular formula is C19H12F5N3O2. The van der Waals surface area contributed by atoms with Crippen molar-refractivity contribution in [1.82, 2.24) is 10.2 Å². The minimum atomic E-state index is -4.60. The molecule has 1 aromatic heterocycles. The van der Waals surface area contributed by atoms with Gasteiger partial charge in [-0.2, -0.15) is 18.3 Å². The number of nitrogens with zero attached hydrogens (tertiary/aromatic N) is 2. The fourth-order valence-corrected chi connectivity index (χ4v) is 3.08. The number of halogens is 5. The average Bonchev–Trinajstić information content (AvgIpc) is 3.21. The third-order valence-corrected chi connectivity index (χ3v) is 4.37. The third kappa shape index (κ3) is 3.65. The number of anilines is 1. The zero-order chi connectivity index (χ0) is 20.8. The van der Waals surface area contributed by atoms with Crippen LogP contribution in [0.25, 0.3) is 11.3 Å². The molecular weight excluding hydrogens is 397 g/mol. The Morgan fingerprint density at radius 1 is 1.07 bits per heavy atom. The van der Waals surface area contributed by atoms with Crippen LogP contribution in [-0.2, 0) is 6.54 Å². The highest BCUT2D eigenvalue weighted by atomic mass is 19.4.